The second-order valence-corrected chi connectivity index (χ2v) is 7.42. The average molecular weight is 419 g/mol. The summed E-state index contributed by atoms with van der Waals surface area (Å²) in [6.45, 7) is 9.29. The zero-order valence-electron chi connectivity index (χ0n) is 17.2. The highest BCUT2D eigenvalue weighted by atomic mass is 32.1. The fourth-order valence-corrected chi connectivity index (χ4v) is 3.58. The molecule has 1 heterocycles. The van der Waals surface area contributed by atoms with E-state index in [4.69, 9.17) is 14.2 Å². The summed E-state index contributed by atoms with van der Waals surface area (Å²) in [4.78, 5) is 37.4. The number of ether oxygens (including phenoxy) is 3. The molecule has 0 radical (unpaired) electrons. The SMILES string of the molecule is CCOC(=O)c1c(NC(=O)c2ccc(O[C@H](C)C(=O)OCC)cc2)sc(C)c1C. The zero-order valence-corrected chi connectivity index (χ0v) is 18.0. The minimum atomic E-state index is -0.751. The van der Waals surface area contributed by atoms with Crippen LogP contribution in [0, 0.1) is 13.8 Å². The molecular weight excluding hydrogens is 394 g/mol. The van der Waals surface area contributed by atoms with Crippen molar-refractivity contribution in [2.24, 2.45) is 0 Å². The number of esters is 2. The Morgan fingerprint density at radius 2 is 1.66 bits per heavy atom. The minimum absolute atomic E-state index is 0.256. The van der Waals surface area contributed by atoms with Crippen LogP contribution >= 0.6 is 11.3 Å². The van der Waals surface area contributed by atoms with Crippen LogP contribution in [0.3, 0.4) is 0 Å². The van der Waals surface area contributed by atoms with E-state index < -0.39 is 18.0 Å². The number of hydrogen-bond acceptors (Lipinski definition) is 7. The lowest BCUT2D eigenvalue weighted by atomic mass is 10.1. The standard InChI is InChI=1S/C21H25NO6S/c1-6-26-20(24)13(4)28-16-10-8-15(9-11-16)18(23)22-19-17(21(25)27-7-2)12(3)14(5)29-19/h8-11,13H,6-7H2,1-5H3,(H,22,23)/t13-/m1/s1. The van der Waals surface area contributed by atoms with Crippen LogP contribution in [-0.4, -0.2) is 37.2 Å². The largest absolute Gasteiger partial charge is 0.479 e. The minimum Gasteiger partial charge on any atom is -0.479 e. The van der Waals surface area contributed by atoms with E-state index in [9.17, 15) is 14.4 Å². The molecule has 156 valence electrons. The Labute approximate surface area is 174 Å². The van der Waals surface area contributed by atoms with Crippen molar-refractivity contribution in [1.29, 1.82) is 0 Å². The molecule has 1 atom stereocenters. The van der Waals surface area contributed by atoms with Gasteiger partial charge in [0.05, 0.1) is 18.8 Å². The molecule has 0 aliphatic rings. The van der Waals surface area contributed by atoms with Crippen molar-refractivity contribution in [3.8, 4) is 5.75 Å². The molecule has 2 aromatic rings. The summed E-state index contributed by atoms with van der Waals surface area (Å²) in [5, 5.41) is 3.24. The summed E-state index contributed by atoms with van der Waals surface area (Å²) in [6.07, 6.45) is -0.751. The monoisotopic (exact) mass is 419 g/mol. The van der Waals surface area contributed by atoms with Gasteiger partial charge in [0.25, 0.3) is 5.91 Å². The molecule has 1 aromatic heterocycles. The summed E-state index contributed by atoms with van der Waals surface area (Å²) in [6, 6.07) is 6.36. The van der Waals surface area contributed by atoms with Crippen molar-refractivity contribution in [3.05, 3.63) is 45.8 Å². The molecule has 29 heavy (non-hydrogen) atoms. The van der Waals surface area contributed by atoms with Crippen LogP contribution in [0.1, 0.15) is 51.9 Å². The number of hydrogen-bond donors (Lipinski definition) is 1. The van der Waals surface area contributed by atoms with Crippen LogP contribution in [0.4, 0.5) is 5.00 Å². The molecule has 8 heteroatoms. The topological polar surface area (TPSA) is 90.9 Å². The van der Waals surface area contributed by atoms with Gasteiger partial charge in [0, 0.05) is 10.4 Å². The number of anilines is 1. The number of rotatable bonds is 8. The second-order valence-electron chi connectivity index (χ2n) is 6.20. The highest BCUT2D eigenvalue weighted by Gasteiger charge is 2.22. The van der Waals surface area contributed by atoms with Gasteiger partial charge in [0.15, 0.2) is 6.10 Å². The van der Waals surface area contributed by atoms with Crippen molar-refractivity contribution >= 4 is 34.2 Å². The molecule has 0 saturated heterocycles. The summed E-state index contributed by atoms with van der Waals surface area (Å²) in [7, 11) is 0. The van der Waals surface area contributed by atoms with E-state index >= 15 is 0 Å². The molecule has 7 nitrogen and oxygen atoms in total. The van der Waals surface area contributed by atoms with Crippen LogP contribution in [0.2, 0.25) is 0 Å². The number of carbonyl (C=O) groups excluding carboxylic acids is 3. The molecule has 0 unspecified atom stereocenters. The highest BCUT2D eigenvalue weighted by Crippen LogP contribution is 2.33. The number of amides is 1. The molecule has 0 fully saturated rings. The van der Waals surface area contributed by atoms with E-state index in [1.165, 1.54) is 11.3 Å². The quantitative estimate of drug-likeness (QED) is 0.647. The van der Waals surface area contributed by atoms with Gasteiger partial charge < -0.3 is 19.5 Å². The maximum atomic E-state index is 12.6. The molecule has 0 aliphatic heterocycles. The van der Waals surface area contributed by atoms with Gasteiger partial charge in [-0.2, -0.15) is 0 Å². The van der Waals surface area contributed by atoms with Crippen molar-refractivity contribution < 1.29 is 28.6 Å². The maximum Gasteiger partial charge on any atom is 0.347 e. The van der Waals surface area contributed by atoms with Gasteiger partial charge in [-0.3, -0.25) is 4.79 Å². The predicted molar refractivity (Wildman–Crippen MR) is 111 cm³/mol. The summed E-state index contributed by atoms with van der Waals surface area (Å²) >= 11 is 1.33. The van der Waals surface area contributed by atoms with E-state index in [1.54, 1.807) is 45.0 Å². The Morgan fingerprint density at radius 3 is 2.24 bits per heavy atom. The molecule has 2 rings (SSSR count). The van der Waals surface area contributed by atoms with Gasteiger partial charge in [-0.05, 0) is 64.4 Å². The van der Waals surface area contributed by atoms with Crippen LogP contribution in [0.25, 0.3) is 0 Å². The van der Waals surface area contributed by atoms with Crippen molar-refractivity contribution in [2.45, 2.75) is 40.7 Å². The Hall–Kier alpha value is -2.87. The first-order valence-corrected chi connectivity index (χ1v) is 10.1. The van der Waals surface area contributed by atoms with Gasteiger partial charge in [-0.15, -0.1) is 11.3 Å². The Kier molecular flexibility index (Phi) is 7.78. The van der Waals surface area contributed by atoms with Gasteiger partial charge >= 0.3 is 11.9 Å². The third kappa shape index (κ3) is 5.57. The summed E-state index contributed by atoms with van der Waals surface area (Å²) in [5.74, 6) is -0.829. The van der Waals surface area contributed by atoms with Crippen molar-refractivity contribution in [1.82, 2.24) is 0 Å². The Bertz CT molecular complexity index is 887. The fraction of sp³-hybridized carbons (Fsp3) is 0.381. The first-order chi connectivity index (χ1) is 13.8. The first kappa shape index (κ1) is 22.4. The van der Waals surface area contributed by atoms with Gasteiger partial charge in [-0.1, -0.05) is 0 Å². The van der Waals surface area contributed by atoms with Gasteiger partial charge in [0.1, 0.15) is 10.8 Å². The normalized spacial score (nSPS) is 11.5. The Balaban J connectivity index is 2.11. The molecule has 1 aromatic carbocycles. The summed E-state index contributed by atoms with van der Waals surface area (Å²) in [5.41, 5.74) is 1.56. The summed E-state index contributed by atoms with van der Waals surface area (Å²) < 4.78 is 15.5. The lowest BCUT2D eigenvalue weighted by Crippen LogP contribution is -2.26. The lowest BCUT2D eigenvalue weighted by molar-refractivity contribution is -0.150. The molecule has 0 aliphatic carbocycles. The van der Waals surface area contributed by atoms with Crippen LogP contribution in [-0.2, 0) is 14.3 Å². The van der Waals surface area contributed by atoms with E-state index in [1.807, 2.05) is 13.8 Å². The fourth-order valence-electron chi connectivity index (χ4n) is 2.54. The van der Waals surface area contributed by atoms with Crippen molar-refractivity contribution in [3.63, 3.8) is 0 Å². The second kappa shape index (κ2) is 10.1. The van der Waals surface area contributed by atoms with E-state index in [-0.39, 0.29) is 19.1 Å². The van der Waals surface area contributed by atoms with E-state index in [0.717, 1.165) is 10.4 Å². The number of nitrogens with one attached hydrogen (secondary N) is 1. The number of carbonyl (C=O) groups is 3. The van der Waals surface area contributed by atoms with Gasteiger partial charge in [-0.25, -0.2) is 9.59 Å². The third-order valence-electron chi connectivity index (χ3n) is 4.14. The number of thiophene rings is 1. The van der Waals surface area contributed by atoms with E-state index in [2.05, 4.69) is 5.32 Å². The molecular formula is C21H25NO6S. The smallest absolute Gasteiger partial charge is 0.347 e. The molecule has 0 spiro atoms. The maximum absolute atomic E-state index is 12.6. The zero-order chi connectivity index (χ0) is 21.6. The molecule has 0 bridgehead atoms. The molecule has 1 N–H and O–H groups in total. The highest BCUT2D eigenvalue weighted by molar-refractivity contribution is 7.16. The van der Waals surface area contributed by atoms with E-state index in [0.29, 0.717) is 21.9 Å². The number of aryl methyl sites for hydroxylation is 1. The van der Waals surface area contributed by atoms with Gasteiger partial charge in [0.2, 0.25) is 0 Å². The van der Waals surface area contributed by atoms with Crippen LogP contribution in [0.15, 0.2) is 24.3 Å². The predicted octanol–water partition coefficient (Wildman–Crippen LogP) is 4.12. The third-order valence-corrected chi connectivity index (χ3v) is 5.26. The van der Waals surface area contributed by atoms with Crippen LogP contribution < -0.4 is 10.1 Å². The molecule has 1 amide bonds. The Morgan fingerprint density at radius 1 is 1.03 bits per heavy atom. The molecule has 0 saturated carbocycles. The lowest BCUT2D eigenvalue weighted by Gasteiger charge is -2.13. The van der Waals surface area contributed by atoms with Crippen molar-refractivity contribution in [2.75, 3.05) is 18.5 Å². The van der Waals surface area contributed by atoms with Crippen LogP contribution in [0.5, 0.6) is 5.75 Å². The first-order valence-electron chi connectivity index (χ1n) is 9.30. The average Bonchev–Trinajstić information content (AvgIpc) is 2.96. The number of benzene rings is 1.